The second-order valence-corrected chi connectivity index (χ2v) is 5.45. The molecule has 0 unspecified atom stereocenters. The van der Waals surface area contributed by atoms with E-state index in [4.69, 9.17) is 10.5 Å². The molecule has 2 heterocycles. The fourth-order valence-electron chi connectivity index (χ4n) is 2.37. The first-order chi connectivity index (χ1) is 9.60. The van der Waals surface area contributed by atoms with Crippen molar-refractivity contribution in [3.8, 4) is 0 Å². The minimum atomic E-state index is 0.353. The maximum Gasteiger partial charge on any atom is 0.222 e. The molecule has 6 nitrogen and oxygen atoms in total. The van der Waals surface area contributed by atoms with Gasteiger partial charge in [-0.3, -0.25) is 0 Å². The van der Waals surface area contributed by atoms with E-state index in [1.165, 1.54) is 0 Å². The molecule has 112 valence electrons. The molecule has 0 aromatic carbocycles. The van der Waals surface area contributed by atoms with E-state index in [2.05, 4.69) is 46.9 Å². The SMILES string of the molecule is CCN(CCN(C)C)c1cc([C@H]2CCOC2)nc(N)n1. The van der Waals surface area contributed by atoms with E-state index in [1.807, 2.05) is 0 Å². The lowest BCUT2D eigenvalue weighted by Crippen LogP contribution is -2.32. The average Bonchev–Trinajstić information content (AvgIpc) is 2.92. The molecule has 1 aromatic rings. The van der Waals surface area contributed by atoms with E-state index in [-0.39, 0.29) is 0 Å². The van der Waals surface area contributed by atoms with Crippen LogP contribution in [-0.4, -0.2) is 61.8 Å². The van der Waals surface area contributed by atoms with Crippen LogP contribution in [0.4, 0.5) is 11.8 Å². The Morgan fingerprint density at radius 1 is 1.35 bits per heavy atom. The lowest BCUT2D eigenvalue weighted by molar-refractivity contribution is 0.193. The van der Waals surface area contributed by atoms with Gasteiger partial charge in [0.15, 0.2) is 0 Å². The zero-order valence-electron chi connectivity index (χ0n) is 12.7. The number of rotatable bonds is 6. The molecule has 6 heteroatoms. The maximum absolute atomic E-state index is 5.88. The highest BCUT2D eigenvalue weighted by Gasteiger charge is 2.21. The summed E-state index contributed by atoms with van der Waals surface area (Å²) >= 11 is 0. The molecule has 1 aliphatic heterocycles. The summed E-state index contributed by atoms with van der Waals surface area (Å²) in [5.74, 6) is 1.63. The van der Waals surface area contributed by atoms with Crippen molar-refractivity contribution in [3.63, 3.8) is 0 Å². The van der Waals surface area contributed by atoms with Crippen LogP contribution in [0.25, 0.3) is 0 Å². The molecule has 0 saturated carbocycles. The molecule has 1 fully saturated rings. The van der Waals surface area contributed by atoms with Crippen LogP contribution in [0.5, 0.6) is 0 Å². The Morgan fingerprint density at radius 3 is 2.75 bits per heavy atom. The van der Waals surface area contributed by atoms with Crippen molar-refractivity contribution in [1.29, 1.82) is 0 Å². The highest BCUT2D eigenvalue weighted by molar-refractivity contribution is 5.44. The predicted octanol–water partition coefficient (Wildman–Crippen LogP) is 0.951. The number of hydrogen-bond donors (Lipinski definition) is 1. The monoisotopic (exact) mass is 279 g/mol. The number of nitrogens with two attached hydrogens (primary N) is 1. The van der Waals surface area contributed by atoms with Crippen molar-refractivity contribution in [2.75, 3.05) is 57.6 Å². The Hall–Kier alpha value is -1.40. The summed E-state index contributed by atoms with van der Waals surface area (Å²) in [5.41, 5.74) is 6.88. The first kappa shape index (κ1) is 15.0. The molecule has 0 bridgehead atoms. The van der Waals surface area contributed by atoms with Crippen molar-refractivity contribution < 1.29 is 4.74 Å². The van der Waals surface area contributed by atoms with Gasteiger partial charge in [-0.05, 0) is 27.4 Å². The van der Waals surface area contributed by atoms with Crippen LogP contribution in [0.2, 0.25) is 0 Å². The standard InChI is InChI=1S/C14H25N5O/c1-4-19(7-6-18(2)3)13-9-12(16-14(15)17-13)11-5-8-20-10-11/h9,11H,4-8,10H2,1-3H3,(H2,15,16,17)/t11-/m0/s1. The minimum absolute atomic E-state index is 0.353. The Morgan fingerprint density at radius 2 is 2.15 bits per heavy atom. The third-order valence-electron chi connectivity index (χ3n) is 3.62. The minimum Gasteiger partial charge on any atom is -0.381 e. The smallest absolute Gasteiger partial charge is 0.222 e. The van der Waals surface area contributed by atoms with Crippen LogP contribution >= 0.6 is 0 Å². The Kier molecular flexibility index (Phi) is 5.14. The van der Waals surface area contributed by atoms with E-state index < -0.39 is 0 Å². The van der Waals surface area contributed by atoms with Crippen LogP contribution in [0.3, 0.4) is 0 Å². The van der Waals surface area contributed by atoms with Crippen molar-refractivity contribution in [3.05, 3.63) is 11.8 Å². The normalized spacial score (nSPS) is 18.7. The van der Waals surface area contributed by atoms with Gasteiger partial charge in [0.1, 0.15) is 5.82 Å². The molecule has 0 spiro atoms. The molecule has 20 heavy (non-hydrogen) atoms. The average molecular weight is 279 g/mol. The number of nitrogen functional groups attached to an aromatic ring is 1. The van der Waals surface area contributed by atoms with Gasteiger partial charge < -0.3 is 20.3 Å². The van der Waals surface area contributed by atoms with Gasteiger partial charge in [-0.15, -0.1) is 0 Å². The Balaban J connectivity index is 2.16. The van der Waals surface area contributed by atoms with Gasteiger partial charge in [0.25, 0.3) is 0 Å². The topological polar surface area (TPSA) is 67.5 Å². The molecule has 1 aliphatic rings. The highest BCUT2D eigenvalue weighted by atomic mass is 16.5. The van der Waals surface area contributed by atoms with Gasteiger partial charge in [0.2, 0.25) is 5.95 Å². The first-order valence-corrected chi connectivity index (χ1v) is 7.22. The molecular formula is C14H25N5O. The molecule has 0 radical (unpaired) electrons. The third-order valence-corrected chi connectivity index (χ3v) is 3.62. The van der Waals surface area contributed by atoms with E-state index in [0.717, 1.165) is 50.8 Å². The third kappa shape index (κ3) is 3.80. The van der Waals surface area contributed by atoms with Gasteiger partial charge in [-0.1, -0.05) is 0 Å². The molecular weight excluding hydrogens is 254 g/mol. The molecule has 1 atom stereocenters. The number of likely N-dealkylation sites (N-methyl/N-ethyl adjacent to an activating group) is 2. The lowest BCUT2D eigenvalue weighted by Gasteiger charge is -2.24. The quantitative estimate of drug-likeness (QED) is 0.836. The van der Waals surface area contributed by atoms with Crippen LogP contribution in [0, 0.1) is 0 Å². The Bertz CT molecular complexity index is 432. The van der Waals surface area contributed by atoms with Crippen molar-refractivity contribution in [1.82, 2.24) is 14.9 Å². The number of anilines is 2. The summed E-state index contributed by atoms with van der Waals surface area (Å²) in [5, 5.41) is 0. The van der Waals surface area contributed by atoms with Crippen LogP contribution in [0.1, 0.15) is 25.0 Å². The maximum atomic E-state index is 5.88. The largest absolute Gasteiger partial charge is 0.381 e. The van der Waals surface area contributed by atoms with Crippen molar-refractivity contribution in [2.45, 2.75) is 19.3 Å². The molecule has 0 amide bonds. The van der Waals surface area contributed by atoms with E-state index >= 15 is 0 Å². The number of ether oxygens (including phenoxy) is 1. The molecule has 0 aliphatic carbocycles. The van der Waals surface area contributed by atoms with Crippen LogP contribution in [0.15, 0.2) is 6.07 Å². The van der Waals surface area contributed by atoms with Crippen LogP contribution in [-0.2, 0) is 4.74 Å². The summed E-state index contributed by atoms with van der Waals surface area (Å²) in [7, 11) is 4.15. The van der Waals surface area contributed by atoms with Gasteiger partial charge in [0, 0.05) is 38.2 Å². The summed E-state index contributed by atoms with van der Waals surface area (Å²) in [6.07, 6.45) is 1.01. The van der Waals surface area contributed by atoms with Gasteiger partial charge in [0.05, 0.1) is 12.3 Å². The number of nitrogens with zero attached hydrogens (tertiary/aromatic N) is 4. The molecule has 1 aromatic heterocycles. The zero-order chi connectivity index (χ0) is 14.5. The fraction of sp³-hybridized carbons (Fsp3) is 0.714. The first-order valence-electron chi connectivity index (χ1n) is 7.22. The van der Waals surface area contributed by atoms with Crippen LogP contribution < -0.4 is 10.6 Å². The summed E-state index contributed by atoms with van der Waals surface area (Å²) in [6.45, 7) is 6.50. The van der Waals surface area contributed by atoms with E-state index in [0.29, 0.717) is 11.9 Å². The van der Waals surface area contributed by atoms with Gasteiger partial charge in [-0.2, -0.15) is 4.98 Å². The zero-order valence-corrected chi connectivity index (χ0v) is 12.7. The molecule has 2 N–H and O–H groups in total. The lowest BCUT2D eigenvalue weighted by atomic mass is 10.0. The van der Waals surface area contributed by atoms with Gasteiger partial charge in [-0.25, -0.2) is 4.98 Å². The summed E-state index contributed by atoms with van der Waals surface area (Å²) in [4.78, 5) is 13.2. The van der Waals surface area contributed by atoms with E-state index in [9.17, 15) is 0 Å². The van der Waals surface area contributed by atoms with Crippen molar-refractivity contribution >= 4 is 11.8 Å². The second kappa shape index (κ2) is 6.85. The number of hydrogen-bond acceptors (Lipinski definition) is 6. The fourth-order valence-corrected chi connectivity index (χ4v) is 2.37. The van der Waals surface area contributed by atoms with E-state index in [1.54, 1.807) is 0 Å². The van der Waals surface area contributed by atoms with Gasteiger partial charge >= 0.3 is 0 Å². The number of aromatic nitrogens is 2. The second-order valence-electron chi connectivity index (χ2n) is 5.45. The van der Waals surface area contributed by atoms with Crippen molar-refractivity contribution in [2.24, 2.45) is 0 Å². The predicted molar refractivity (Wildman–Crippen MR) is 81.1 cm³/mol. The summed E-state index contributed by atoms with van der Waals surface area (Å²) < 4.78 is 5.44. The molecule has 1 saturated heterocycles. The highest BCUT2D eigenvalue weighted by Crippen LogP contribution is 2.26. The molecule has 2 rings (SSSR count). The Labute approximate surface area is 120 Å². The summed E-state index contributed by atoms with van der Waals surface area (Å²) in [6, 6.07) is 2.06.